The second kappa shape index (κ2) is 7.27. The molecule has 1 unspecified atom stereocenters. The summed E-state index contributed by atoms with van der Waals surface area (Å²) in [5.74, 6) is 2.27. The molecule has 4 nitrogen and oxygen atoms in total. The molecule has 0 N–H and O–H groups in total. The van der Waals surface area contributed by atoms with Crippen LogP contribution in [0, 0.1) is 5.92 Å². The summed E-state index contributed by atoms with van der Waals surface area (Å²) in [6, 6.07) is 16.1. The first-order chi connectivity index (χ1) is 10.8. The molecule has 0 aliphatic carbocycles. The number of hydrogen-bond donors (Lipinski definition) is 0. The van der Waals surface area contributed by atoms with E-state index in [0.29, 0.717) is 18.4 Å². The zero-order valence-electron chi connectivity index (χ0n) is 12.9. The minimum absolute atomic E-state index is 0.545. The summed E-state index contributed by atoms with van der Waals surface area (Å²) in [5.41, 5.74) is 1.15. The molecule has 1 saturated heterocycles. The molecule has 2 aromatic rings. The number of pyridine rings is 1. The maximum Gasteiger partial charge on any atom is 0.215 e. The molecule has 2 heterocycles. The molecule has 0 bridgehead atoms. The van der Waals surface area contributed by atoms with E-state index < -0.39 is 0 Å². The number of benzene rings is 1. The third kappa shape index (κ3) is 3.77. The molecular formula is C18H22N2O2. The normalized spacial score (nSPS) is 17.7. The van der Waals surface area contributed by atoms with Gasteiger partial charge in [-0.25, -0.2) is 0 Å². The molecule has 0 saturated carbocycles. The second-order valence-electron chi connectivity index (χ2n) is 5.66. The van der Waals surface area contributed by atoms with E-state index in [2.05, 4.69) is 22.0 Å². The quantitative estimate of drug-likeness (QED) is 0.820. The highest BCUT2D eigenvalue weighted by Crippen LogP contribution is 2.24. The first kappa shape index (κ1) is 14.9. The molecular weight excluding hydrogens is 276 g/mol. The van der Waals surface area contributed by atoms with Gasteiger partial charge in [-0.3, -0.25) is 0 Å². The van der Waals surface area contributed by atoms with Crippen molar-refractivity contribution in [3.05, 3.63) is 54.1 Å². The maximum absolute atomic E-state index is 5.80. The average molecular weight is 298 g/mol. The van der Waals surface area contributed by atoms with Gasteiger partial charge in [0.15, 0.2) is 0 Å². The Hall–Kier alpha value is -2.07. The zero-order valence-corrected chi connectivity index (χ0v) is 12.9. The van der Waals surface area contributed by atoms with Gasteiger partial charge in [0.2, 0.25) is 5.88 Å². The summed E-state index contributed by atoms with van der Waals surface area (Å²) >= 11 is 0. The first-order valence-electron chi connectivity index (χ1n) is 7.73. The molecule has 0 amide bonds. The molecule has 116 valence electrons. The Kier molecular flexibility index (Phi) is 4.91. The van der Waals surface area contributed by atoms with E-state index in [1.54, 1.807) is 7.11 Å². The van der Waals surface area contributed by atoms with Crippen molar-refractivity contribution in [2.75, 3.05) is 31.7 Å². The van der Waals surface area contributed by atoms with E-state index in [1.807, 2.05) is 36.4 Å². The molecule has 22 heavy (non-hydrogen) atoms. The summed E-state index contributed by atoms with van der Waals surface area (Å²) in [4.78, 5) is 6.93. The number of ether oxygens (including phenoxy) is 2. The monoisotopic (exact) mass is 298 g/mol. The largest absolute Gasteiger partial charge is 0.473 e. The van der Waals surface area contributed by atoms with Gasteiger partial charge in [-0.1, -0.05) is 36.4 Å². The average Bonchev–Trinajstić information content (AvgIpc) is 3.03. The van der Waals surface area contributed by atoms with Crippen molar-refractivity contribution >= 4 is 5.82 Å². The van der Waals surface area contributed by atoms with E-state index in [4.69, 9.17) is 9.47 Å². The number of hydrogen-bond acceptors (Lipinski definition) is 4. The van der Waals surface area contributed by atoms with Crippen LogP contribution in [0.1, 0.15) is 12.0 Å². The Morgan fingerprint density at radius 1 is 1.14 bits per heavy atom. The Bertz CT molecular complexity index is 589. The van der Waals surface area contributed by atoms with Gasteiger partial charge in [0.1, 0.15) is 12.4 Å². The van der Waals surface area contributed by atoms with Crippen LogP contribution in [0.2, 0.25) is 0 Å². The molecule has 0 radical (unpaired) electrons. The van der Waals surface area contributed by atoms with E-state index >= 15 is 0 Å². The zero-order chi connectivity index (χ0) is 15.2. The third-order valence-electron chi connectivity index (χ3n) is 3.95. The summed E-state index contributed by atoms with van der Waals surface area (Å²) in [7, 11) is 1.76. The molecule has 1 aromatic carbocycles. The molecule has 0 spiro atoms. The minimum Gasteiger partial charge on any atom is -0.473 e. The summed E-state index contributed by atoms with van der Waals surface area (Å²) in [6.45, 7) is 3.40. The smallest absolute Gasteiger partial charge is 0.215 e. The molecule has 3 rings (SSSR count). The van der Waals surface area contributed by atoms with Crippen molar-refractivity contribution in [3.63, 3.8) is 0 Å². The van der Waals surface area contributed by atoms with Crippen molar-refractivity contribution < 1.29 is 9.47 Å². The van der Waals surface area contributed by atoms with Crippen LogP contribution in [0.3, 0.4) is 0 Å². The van der Waals surface area contributed by atoms with Gasteiger partial charge in [-0.2, -0.15) is 4.98 Å². The lowest BCUT2D eigenvalue weighted by molar-refractivity contribution is 0.161. The Morgan fingerprint density at radius 2 is 2.00 bits per heavy atom. The predicted molar refractivity (Wildman–Crippen MR) is 87.2 cm³/mol. The molecule has 1 atom stereocenters. The Labute approximate surface area is 131 Å². The molecule has 1 aliphatic rings. The van der Waals surface area contributed by atoms with Gasteiger partial charge >= 0.3 is 0 Å². The highest BCUT2D eigenvalue weighted by atomic mass is 16.5. The Morgan fingerprint density at radius 3 is 2.82 bits per heavy atom. The highest BCUT2D eigenvalue weighted by molar-refractivity contribution is 5.41. The van der Waals surface area contributed by atoms with Gasteiger partial charge in [0.25, 0.3) is 0 Å². The topological polar surface area (TPSA) is 34.6 Å². The third-order valence-corrected chi connectivity index (χ3v) is 3.95. The SMILES string of the molecule is COCC1CCN(c2cccc(OCc3ccccc3)n2)C1. The van der Waals surface area contributed by atoms with Crippen molar-refractivity contribution in [2.24, 2.45) is 5.92 Å². The fourth-order valence-corrected chi connectivity index (χ4v) is 2.80. The van der Waals surface area contributed by atoms with Gasteiger partial charge in [0.05, 0.1) is 6.61 Å². The van der Waals surface area contributed by atoms with Crippen LogP contribution in [-0.2, 0) is 11.3 Å². The van der Waals surface area contributed by atoms with E-state index in [9.17, 15) is 0 Å². The number of aromatic nitrogens is 1. The van der Waals surface area contributed by atoms with E-state index in [-0.39, 0.29) is 0 Å². The fourth-order valence-electron chi connectivity index (χ4n) is 2.80. The maximum atomic E-state index is 5.80. The van der Waals surface area contributed by atoms with Crippen LogP contribution in [0.5, 0.6) is 5.88 Å². The Balaban J connectivity index is 1.61. The van der Waals surface area contributed by atoms with Crippen LogP contribution < -0.4 is 9.64 Å². The van der Waals surface area contributed by atoms with Crippen LogP contribution in [-0.4, -0.2) is 31.8 Å². The summed E-state index contributed by atoms with van der Waals surface area (Å²) in [6.07, 6.45) is 1.16. The van der Waals surface area contributed by atoms with E-state index in [1.165, 1.54) is 0 Å². The van der Waals surface area contributed by atoms with Crippen molar-refractivity contribution in [1.82, 2.24) is 4.98 Å². The van der Waals surface area contributed by atoms with Gasteiger partial charge in [-0.15, -0.1) is 0 Å². The highest BCUT2D eigenvalue weighted by Gasteiger charge is 2.23. The van der Waals surface area contributed by atoms with Crippen molar-refractivity contribution in [3.8, 4) is 5.88 Å². The van der Waals surface area contributed by atoms with Crippen molar-refractivity contribution in [1.29, 1.82) is 0 Å². The molecule has 1 fully saturated rings. The lowest BCUT2D eigenvalue weighted by atomic mass is 10.1. The molecule has 1 aliphatic heterocycles. The number of anilines is 1. The standard InChI is InChI=1S/C18H22N2O2/c1-21-13-16-10-11-20(12-16)17-8-5-9-18(19-17)22-14-15-6-3-2-4-7-15/h2-9,16H,10-14H2,1H3. The minimum atomic E-state index is 0.545. The summed E-state index contributed by atoms with van der Waals surface area (Å²) in [5, 5.41) is 0. The second-order valence-corrected chi connectivity index (χ2v) is 5.66. The molecule has 4 heteroatoms. The predicted octanol–water partition coefficient (Wildman–Crippen LogP) is 3.13. The van der Waals surface area contributed by atoms with Crippen LogP contribution in [0.4, 0.5) is 5.82 Å². The lowest BCUT2D eigenvalue weighted by Gasteiger charge is -2.18. The summed E-state index contributed by atoms with van der Waals surface area (Å²) < 4.78 is 11.1. The van der Waals surface area contributed by atoms with E-state index in [0.717, 1.165) is 37.5 Å². The number of nitrogens with zero attached hydrogens (tertiary/aromatic N) is 2. The van der Waals surface area contributed by atoms with Gasteiger partial charge in [0, 0.05) is 32.2 Å². The first-order valence-corrected chi connectivity index (χ1v) is 7.73. The van der Waals surface area contributed by atoms with Crippen molar-refractivity contribution in [2.45, 2.75) is 13.0 Å². The van der Waals surface area contributed by atoms with Crippen LogP contribution in [0.15, 0.2) is 48.5 Å². The number of rotatable bonds is 6. The van der Waals surface area contributed by atoms with Crippen LogP contribution in [0.25, 0.3) is 0 Å². The molecule has 1 aromatic heterocycles. The fraction of sp³-hybridized carbons (Fsp3) is 0.389. The van der Waals surface area contributed by atoms with Gasteiger partial charge in [-0.05, 0) is 18.1 Å². The van der Waals surface area contributed by atoms with Crippen LogP contribution >= 0.6 is 0 Å². The number of methoxy groups -OCH3 is 1. The lowest BCUT2D eigenvalue weighted by Crippen LogP contribution is -2.22. The van der Waals surface area contributed by atoms with Gasteiger partial charge < -0.3 is 14.4 Å².